The third-order valence-corrected chi connectivity index (χ3v) is 3.13. The lowest BCUT2D eigenvalue weighted by molar-refractivity contribution is -0.136. The summed E-state index contributed by atoms with van der Waals surface area (Å²) < 4.78 is 14.1. The minimum absolute atomic E-state index is 0.0256. The van der Waals surface area contributed by atoms with E-state index in [1.165, 1.54) is 6.92 Å². The van der Waals surface area contributed by atoms with Crippen LogP contribution in [0.1, 0.15) is 46.5 Å². The summed E-state index contributed by atoms with van der Waals surface area (Å²) in [5, 5.41) is 0. The molecule has 1 rings (SSSR count). The molecule has 1 atom stereocenters. The first-order valence-corrected chi connectivity index (χ1v) is 5.19. The predicted octanol–water partition coefficient (Wildman–Crippen LogP) is 3.13. The van der Waals surface area contributed by atoms with Gasteiger partial charge in [-0.25, -0.2) is 4.39 Å². The van der Waals surface area contributed by atoms with Crippen LogP contribution < -0.4 is 0 Å². The molecule has 2 heteroatoms. The molecule has 1 aliphatic carbocycles. The summed E-state index contributed by atoms with van der Waals surface area (Å²) in [6.45, 7) is 5.01. The van der Waals surface area contributed by atoms with E-state index in [0.717, 1.165) is 25.7 Å². The molecule has 1 fully saturated rings. The van der Waals surface area contributed by atoms with Crippen LogP contribution in [0.15, 0.2) is 0 Å². The monoisotopic (exact) mass is 186 g/mol. The molecule has 0 N–H and O–H groups in total. The summed E-state index contributed by atoms with van der Waals surface area (Å²) in [6, 6.07) is 0. The first kappa shape index (κ1) is 10.7. The number of hydrogen-bond acceptors (Lipinski definition) is 1. The molecule has 0 heterocycles. The lowest BCUT2D eigenvalue weighted by Crippen LogP contribution is -2.40. The first-order chi connectivity index (χ1) is 5.96. The average molecular weight is 186 g/mol. The third-order valence-electron chi connectivity index (χ3n) is 3.13. The van der Waals surface area contributed by atoms with Crippen LogP contribution in [-0.4, -0.2) is 11.5 Å². The molecule has 0 aromatic heterocycles. The van der Waals surface area contributed by atoms with E-state index in [4.69, 9.17) is 0 Å². The summed E-state index contributed by atoms with van der Waals surface area (Å²) in [6.07, 6.45) is 3.92. The Kier molecular flexibility index (Phi) is 3.09. The fourth-order valence-electron chi connectivity index (χ4n) is 2.23. The molecular formula is C11H19FO. The Morgan fingerprint density at radius 3 is 2.23 bits per heavy atom. The van der Waals surface area contributed by atoms with Gasteiger partial charge < -0.3 is 0 Å². The molecule has 0 aromatic rings. The lowest BCUT2D eigenvalue weighted by Gasteiger charge is -2.27. The summed E-state index contributed by atoms with van der Waals surface area (Å²) in [7, 11) is 0. The molecule has 0 saturated heterocycles. The summed E-state index contributed by atoms with van der Waals surface area (Å²) in [4.78, 5) is 11.6. The third kappa shape index (κ3) is 2.09. The van der Waals surface area contributed by atoms with Gasteiger partial charge in [-0.15, -0.1) is 0 Å². The van der Waals surface area contributed by atoms with E-state index in [-0.39, 0.29) is 17.6 Å². The van der Waals surface area contributed by atoms with E-state index in [0.29, 0.717) is 0 Å². The molecule has 1 saturated carbocycles. The predicted molar refractivity (Wildman–Crippen MR) is 51.3 cm³/mol. The van der Waals surface area contributed by atoms with Crippen molar-refractivity contribution in [3.8, 4) is 0 Å². The Hall–Kier alpha value is -0.400. The molecule has 0 aromatic carbocycles. The van der Waals surface area contributed by atoms with Crippen LogP contribution in [0.25, 0.3) is 0 Å². The standard InChI is InChI=1S/C11H19FO/c1-8(2)10(13)11(3,12)9-6-4-5-7-9/h8-9H,4-7H2,1-3H3. The van der Waals surface area contributed by atoms with Crippen molar-refractivity contribution < 1.29 is 9.18 Å². The number of ketones is 1. The van der Waals surface area contributed by atoms with E-state index >= 15 is 0 Å². The van der Waals surface area contributed by atoms with Crippen LogP contribution in [0.4, 0.5) is 4.39 Å². The summed E-state index contributed by atoms with van der Waals surface area (Å²) in [5.41, 5.74) is -1.58. The summed E-state index contributed by atoms with van der Waals surface area (Å²) in [5.74, 6) is -0.433. The number of halogens is 1. The van der Waals surface area contributed by atoms with E-state index in [2.05, 4.69) is 0 Å². The zero-order valence-electron chi connectivity index (χ0n) is 8.77. The Labute approximate surface area is 79.7 Å². The van der Waals surface area contributed by atoms with Gasteiger partial charge in [0.15, 0.2) is 11.5 Å². The SMILES string of the molecule is CC(C)C(=O)C(C)(F)C1CCCC1. The van der Waals surface area contributed by atoms with Crippen LogP contribution >= 0.6 is 0 Å². The van der Waals surface area contributed by atoms with Gasteiger partial charge >= 0.3 is 0 Å². The Morgan fingerprint density at radius 1 is 1.38 bits per heavy atom. The fraction of sp³-hybridized carbons (Fsp3) is 0.909. The maximum absolute atomic E-state index is 14.1. The smallest absolute Gasteiger partial charge is 0.172 e. The van der Waals surface area contributed by atoms with Crippen LogP contribution in [-0.2, 0) is 4.79 Å². The molecule has 1 unspecified atom stereocenters. The van der Waals surface area contributed by atoms with Gasteiger partial charge in [0.25, 0.3) is 0 Å². The van der Waals surface area contributed by atoms with Gasteiger partial charge in [0.2, 0.25) is 0 Å². The van der Waals surface area contributed by atoms with Gasteiger partial charge in [0.1, 0.15) is 0 Å². The number of hydrogen-bond donors (Lipinski definition) is 0. The molecular weight excluding hydrogens is 167 g/mol. The molecule has 1 aliphatic rings. The zero-order chi connectivity index (χ0) is 10.1. The lowest BCUT2D eigenvalue weighted by atomic mass is 9.82. The maximum atomic E-state index is 14.1. The number of rotatable bonds is 3. The van der Waals surface area contributed by atoms with Crippen LogP contribution in [0.3, 0.4) is 0 Å². The van der Waals surface area contributed by atoms with Crippen molar-refractivity contribution in [1.82, 2.24) is 0 Å². The number of carbonyl (C=O) groups excluding carboxylic acids is 1. The largest absolute Gasteiger partial charge is 0.296 e. The van der Waals surface area contributed by atoms with E-state index in [1.807, 2.05) is 0 Å². The fourth-order valence-corrected chi connectivity index (χ4v) is 2.23. The van der Waals surface area contributed by atoms with Crippen LogP contribution in [0.5, 0.6) is 0 Å². The van der Waals surface area contributed by atoms with Crippen molar-refractivity contribution in [1.29, 1.82) is 0 Å². The molecule has 0 spiro atoms. The minimum Gasteiger partial charge on any atom is -0.296 e. The number of Topliss-reactive ketones (excluding diaryl/α,β-unsaturated/α-hetero) is 1. The van der Waals surface area contributed by atoms with E-state index in [1.54, 1.807) is 13.8 Å². The second kappa shape index (κ2) is 3.77. The highest BCUT2D eigenvalue weighted by molar-refractivity contribution is 5.88. The highest BCUT2D eigenvalue weighted by atomic mass is 19.1. The normalized spacial score (nSPS) is 23.5. The van der Waals surface area contributed by atoms with Gasteiger partial charge in [-0.1, -0.05) is 26.7 Å². The number of carbonyl (C=O) groups is 1. The van der Waals surface area contributed by atoms with Gasteiger partial charge in [0.05, 0.1) is 0 Å². The Balaban J connectivity index is 2.68. The second-order valence-electron chi connectivity index (χ2n) is 4.58. The average Bonchev–Trinajstić information content (AvgIpc) is 2.54. The van der Waals surface area contributed by atoms with E-state index < -0.39 is 5.67 Å². The van der Waals surface area contributed by atoms with Gasteiger partial charge in [0, 0.05) is 5.92 Å². The molecule has 0 bridgehead atoms. The van der Waals surface area contributed by atoms with Gasteiger partial charge in [-0.2, -0.15) is 0 Å². The minimum atomic E-state index is -1.58. The van der Waals surface area contributed by atoms with Gasteiger partial charge in [-0.05, 0) is 25.7 Å². The number of alkyl halides is 1. The van der Waals surface area contributed by atoms with Crippen molar-refractivity contribution in [2.45, 2.75) is 52.1 Å². The molecule has 0 amide bonds. The van der Waals surface area contributed by atoms with Crippen molar-refractivity contribution >= 4 is 5.78 Å². The quantitative estimate of drug-likeness (QED) is 0.661. The Morgan fingerprint density at radius 2 is 1.85 bits per heavy atom. The van der Waals surface area contributed by atoms with Crippen molar-refractivity contribution in [3.05, 3.63) is 0 Å². The molecule has 76 valence electrons. The zero-order valence-corrected chi connectivity index (χ0v) is 8.77. The van der Waals surface area contributed by atoms with E-state index in [9.17, 15) is 9.18 Å². The molecule has 13 heavy (non-hydrogen) atoms. The van der Waals surface area contributed by atoms with Crippen LogP contribution in [0.2, 0.25) is 0 Å². The van der Waals surface area contributed by atoms with Crippen LogP contribution in [0, 0.1) is 11.8 Å². The summed E-state index contributed by atoms with van der Waals surface area (Å²) >= 11 is 0. The second-order valence-corrected chi connectivity index (χ2v) is 4.58. The van der Waals surface area contributed by atoms with Crippen molar-refractivity contribution in [2.24, 2.45) is 11.8 Å². The van der Waals surface area contributed by atoms with Crippen molar-refractivity contribution in [2.75, 3.05) is 0 Å². The van der Waals surface area contributed by atoms with Crippen molar-refractivity contribution in [3.63, 3.8) is 0 Å². The highest BCUT2D eigenvalue weighted by Crippen LogP contribution is 2.38. The first-order valence-electron chi connectivity index (χ1n) is 5.19. The maximum Gasteiger partial charge on any atom is 0.172 e. The molecule has 0 radical (unpaired) electrons. The van der Waals surface area contributed by atoms with Gasteiger partial charge in [-0.3, -0.25) is 4.79 Å². The molecule has 0 aliphatic heterocycles. The highest BCUT2D eigenvalue weighted by Gasteiger charge is 2.43. The topological polar surface area (TPSA) is 17.1 Å². The Bertz CT molecular complexity index is 190. The molecule has 1 nitrogen and oxygen atoms in total.